The van der Waals surface area contributed by atoms with Crippen LogP contribution in [0.5, 0.6) is 0 Å². The standard InChI is InChI=1S/C11H11BrClN/c12-7-10-5-6-11(14-10)8-1-3-9(13)4-2-8/h1-4,11H,5-7H2. The Morgan fingerprint density at radius 1 is 1.36 bits per heavy atom. The summed E-state index contributed by atoms with van der Waals surface area (Å²) < 4.78 is 0. The van der Waals surface area contributed by atoms with Gasteiger partial charge >= 0.3 is 0 Å². The molecule has 0 aromatic heterocycles. The van der Waals surface area contributed by atoms with Crippen LogP contribution in [0.25, 0.3) is 0 Å². The summed E-state index contributed by atoms with van der Waals surface area (Å²) in [6.07, 6.45) is 2.24. The molecule has 1 aromatic rings. The summed E-state index contributed by atoms with van der Waals surface area (Å²) in [4.78, 5) is 4.63. The zero-order valence-electron chi connectivity index (χ0n) is 7.71. The second-order valence-corrected chi connectivity index (χ2v) is 4.43. The number of hydrogen-bond acceptors (Lipinski definition) is 1. The molecule has 2 rings (SSSR count). The Hall–Kier alpha value is -0.340. The van der Waals surface area contributed by atoms with Gasteiger partial charge < -0.3 is 0 Å². The second-order valence-electron chi connectivity index (χ2n) is 3.43. The molecule has 0 fully saturated rings. The average Bonchev–Trinajstić information content (AvgIpc) is 2.67. The van der Waals surface area contributed by atoms with Gasteiger partial charge in [-0.1, -0.05) is 39.7 Å². The van der Waals surface area contributed by atoms with E-state index in [1.165, 1.54) is 11.3 Å². The minimum absolute atomic E-state index is 0.347. The van der Waals surface area contributed by atoms with Crippen LogP contribution in [0, 0.1) is 0 Å². The van der Waals surface area contributed by atoms with E-state index < -0.39 is 0 Å². The summed E-state index contributed by atoms with van der Waals surface area (Å²) in [5.74, 6) is 0. The maximum Gasteiger partial charge on any atom is 0.0752 e. The third-order valence-corrected chi connectivity index (χ3v) is 3.35. The van der Waals surface area contributed by atoms with Gasteiger partial charge in [0.2, 0.25) is 0 Å². The van der Waals surface area contributed by atoms with Gasteiger partial charge in [-0.15, -0.1) is 0 Å². The van der Waals surface area contributed by atoms with Crippen LogP contribution in [0.3, 0.4) is 0 Å². The smallest absolute Gasteiger partial charge is 0.0752 e. The minimum Gasteiger partial charge on any atom is -0.285 e. The van der Waals surface area contributed by atoms with Crippen molar-refractivity contribution in [3.8, 4) is 0 Å². The van der Waals surface area contributed by atoms with Gasteiger partial charge in [-0.25, -0.2) is 0 Å². The van der Waals surface area contributed by atoms with Gasteiger partial charge in [0, 0.05) is 16.1 Å². The highest BCUT2D eigenvalue weighted by Crippen LogP contribution is 2.29. The number of rotatable bonds is 2. The van der Waals surface area contributed by atoms with Crippen LogP contribution in [0.2, 0.25) is 5.02 Å². The Bertz CT molecular complexity index is 345. The van der Waals surface area contributed by atoms with Crippen molar-refractivity contribution in [1.82, 2.24) is 0 Å². The highest BCUT2D eigenvalue weighted by atomic mass is 79.9. The summed E-state index contributed by atoms with van der Waals surface area (Å²) in [5, 5.41) is 1.69. The van der Waals surface area contributed by atoms with E-state index in [2.05, 4.69) is 33.1 Å². The van der Waals surface area contributed by atoms with Gasteiger partial charge in [-0.05, 0) is 30.5 Å². The van der Waals surface area contributed by atoms with Crippen LogP contribution in [0.1, 0.15) is 24.4 Å². The van der Waals surface area contributed by atoms with E-state index in [1.807, 2.05) is 12.1 Å². The van der Waals surface area contributed by atoms with Crippen molar-refractivity contribution in [3.63, 3.8) is 0 Å². The Kier molecular flexibility index (Phi) is 3.24. The zero-order valence-corrected chi connectivity index (χ0v) is 10.1. The summed E-state index contributed by atoms with van der Waals surface area (Å²) in [7, 11) is 0. The molecule has 0 saturated heterocycles. The first-order chi connectivity index (χ1) is 6.79. The van der Waals surface area contributed by atoms with Crippen molar-refractivity contribution in [2.45, 2.75) is 18.9 Å². The highest BCUT2D eigenvalue weighted by molar-refractivity contribution is 9.09. The number of halogens is 2. The van der Waals surface area contributed by atoms with Crippen molar-refractivity contribution in [1.29, 1.82) is 0 Å². The molecule has 1 heterocycles. The lowest BCUT2D eigenvalue weighted by molar-refractivity contribution is 0.723. The fourth-order valence-electron chi connectivity index (χ4n) is 1.68. The molecule has 0 N–H and O–H groups in total. The van der Waals surface area contributed by atoms with E-state index in [0.717, 1.165) is 23.2 Å². The molecule has 1 aliphatic heterocycles. The van der Waals surface area contributed by atoms with Crippen LogP contribution in [0.15, 0.2) is 29.3 Å². The molecule has 0 saturated carbocycles. The van der Waals surface area contributed by atoms with Gasteiger partial charge in [0.1, 0.15) is 0 Å². The van der Waals surface area contributed by atoms with Crippen LogP contribution < -0.4 is 0 Å². The van der Waals surface area contributed by atoms with E-state index >= 15 is 0 Å². The van der Waals surface area contributed by atoms with E-state index in [0.29, 0.717) is 6.04 Å². The molecular formula is C11H11BrClN. The van der Waals surface area contributed by atoms with Crippen LogP contribution in [-0.2, 0) is 0 Å². The number of hydrogen-bond donors (Lipinski definition) is 0. The van der Waals surface area contributed by atoms with Gasteiger partial charge in [0.25, 0.3) is 0 Å². The molecule has 0 radical (unpaired) electrons. The number of nitrogens with zero attached hydrogens (tertiary/aromatic N) is 1. The van der Waals surface area contributed by atoms with Crippen LogP contribution >= 0.6 is 27.5 Å². The van der Waals surface area contributed by atoms with Gasteiger partial charge in [-0.3, -0.25) is 4.99 Å². The van der Waals surface area contributed by atoms with Crippen molar-refractivity contribution in [2.24, 2.45) is 4.99 Å². The van der Waals surface area contributed by atoms with Crippen molar-refractivity contribution in [3.05, 3.63) is 34.9 Å². The second kappa shape index (κ2) is 4.45. The monoisotopic (exact) mass is 271 g/mol. The average molecular weight is 273 g/mol. The lowest BCUT2D eigenvalue weighted by atomic mass is 10.1. The third kappa shape index (κ3) is 2.18. The lowest BCUT2D eigenvalue weighted by Crippen LogP contribution is -1.91. The van der Waals surface area contributed by atoms with Gasteiger partial charge in [0.05, 0.1) is 6.04 Å². The summed E-state index contributed by atoms with van der Waals surface area (Å²) in [6.45, 7) is 0. The molecule has 3 heteroatoms. The molecule has 1 aromatic carbocycles. The van der Waals surface area contributed by atoms with Crippen LogP contribution in [0.4, 0.5) is 0 Å². The fraction of sp³-hybridized carbons (Fsp3) is 0.364. The fourth-order valence-corrected chi connectivity index (χ4v) is 2.23. The molecular weight excluding hydrogens is 261 g/mol. The molecule has 0 amide bonds. The molecule has 1 nitrogen and oxygen atoms in total. The van der Waals surface area contributed by atoms with Crippen molar-refractivity contribution >= 4 is 33.2 Å². The topological polar surface area (TPSA) is 12.4 Å². The van der Waals surface area contributed by atoms with Crippen molar-refractivity contribution in [2.75, 3.05) is 5.33 Å². The molecule has 0 bridgehead atoms. The van der Waals surface area contributed by atoms with Crippen LogP contribution in [-0.4, -0.2) is 11.0 Å². The predicted molar refractivity (Wildman–Crippen MR) is 64.7 cm³/mol. The maximum atomic E-state index is 5.83. The molecule has 0 spiro atoms. The first kappa shape index (κ1) is 10.2. The number of aliphatic imine (C=N–C) groups is 1. The number of alkyl halides is 1. The zero-order chi connectivity index (χ0) is 9.97. The van der Waals surface area contributed by atoms with Gasteiger partial charge in [-0.2, -0.15) is 0 Å². The predicted octanol–water partition coefficient (Wildman–Crippen LogP) is 4.01. The third-order valence-electron chi connectivity index (χ3n) is 2.45. The van der Waals surface area contributed by atoms with Gasteiger partial charge in [0.15, 0.2) is 0 Å². The molecule has 1 unspecified atom stereocenters. The Morgan fingerprint density at radius 3 is 2.64 bits per heavy atom. The van der Waals surface area contributed by atoms with E-state index in [9.17, 15) is 0 Å². The normalized spacial score (nSPS) is 21.0. The summed E-state index contributed by atoms with van der Waals surface area (Å²) in [6, 6.07) is 8.33. The quantitative estimate of drug-likeness (QED) is 0.721. The molecule has 14 heavy (non-hydrogen) atoms. The van der Waals surface area contributed by atoms with E-state index in [1.54, 1.807) is 0 Å². The summed E-state index contributed by atoms with van der Waals surface area (Å²) in [5.41, 5.74) is 2.54. The molecule has 74 valence electrons. The highest BCUT2D eigenvalue weighted by Gasteiger charge is 2.17. The van der Waals surface area contributed by atoms with E-state index in [-0.39, 0.29) is 0 Å². The first-order valence-corrected chi connectivity index (χ1v) is 6.16. The Balaban J connectivity index is 2.17. The number of benzene rings is 1. The Morgan fingerprint density at radius 2 is 2.07 bits per heavy atom. The SMILES string of the molecule is Clc1ccc(C2CCC(CBr)=N2)cc1. The largest absolute Gasteiger partial charge is 0.285 e. The molecule has 0 aliphatic carbocycles. The van der Waals surface area contributed by atoms with E-state index in [4.69, 9.17) is 11.6 Å². The minimum atomic E-state index is 0.347. The molecule has 1 aliphatic rings. The lowest BCUT2D eigenvalue weighted by Gasteiger charge is -2.06. The first-order valence-electron chi connectivity index (χ1n) is 4.66. The van der Waals surface area contributed by atoms with Crippen molar-refractivity contribution < 1.29 is 0 Å². The maximum absolute atomic E-state index is 5.83. The molecule has 1 atom stereocenters. The summed E-state index contributed by atoms with van der Waals surface area (Å²) >= 11 is 9.27. The Labute approximate surface area is 97.3 Å².